The average molecular weight is 531 g/mol. The molecule has 2 N–H and O–H groups in total. The molecule has 2 heterocycles. The normalized spacial score (nSPS) is 11.2. The van der Waals surface area contributed by atoms with Crippen LogP contribution in [0.5, 0.6) is 0 Å². The molecule has 1 amide bonds. The lowest BCUT2D eigenvalue weighted by Crippen LogP contribution is -2.27. The number of benzene rings is 2. The van der Waals surface area contributed by atoms with Crippen molar-refractivity contribution in [3.63, 3.8) is 0 Å². The number of halogens is 3. The molecule has 4 rings (SSSR count). The van der Waals surface area contributed by atoms with Gasteiger partial charge in [0, 0.05) is 40.8 Å². The van der Waals surface area contributed by atoms with Crippen LogP contribution >= 0.6 is 39.1 Å². The van der Waals surface area contributed by atoms with Crippen LogP contribution in [0, 0.1) is 0 Å². The molecular formula is C23H18BrCl2N5O. The van der Waals surface area contributed by atoms with E-state index in [0.29, 0.717) is 28.8 Å². The van der Waals surface area contributed by atoms with Crippen molar-refractivity contribution < 1.29 is 4.79 Å². The average Bonchev–Trinajstić information content (AvgIpc) is 3.16. The van der Waals surface area contributed by atoms with E-state index in [2.05, 4.69) is 36.6 Å². The molecule has 162 valence electrons. The summed E-state index contributed by atoms with van der Waals surface area (Å²) in [5.74, 6) is 0.546. The maximum atomic E-state index is 12.1. The second-order valence-corrected chi connectivity index (χ2v) is 8.54. The molecule has 0 radical (unpaired) electrons. The summed E-state index contributed by atoms with van der Waals surface area (Å²) in [4.78, 5) is 16.8. The third kappa shape index (κ3) is 5.30. The van der Waals surface area contributed by atoms with E-state index in [-0.39, 0.29) is 5.91 Å². The summed E-state index contributed by atoms with van der Waals surface area (Å²) in [6.07, 6.45) is 4.89. The molecule has 2 aromatic carbocycles. The van der Waals surface area contributed by atoms with Gasteiger partial charge in [-0.25, -0.2) is 4.98 Å². The molecule has 0 aliphatic rings. The maximum absolute atomic E-state index is 12.1. The van der Waals surface area contributed by atoms with E-state index in [1.54, 1.807) is 28.9 Å². The monoisotopic (exact) mass is 529 g/mol. The van der Waals surface area contributed by atoms with Gasteiger partial charge in [0.25, 0.3) is 0 Å². The third-order valence-electron chi connectivity index (χ3n) is 4.58. The van der Waals surface area contributed by atoms with Crippen molar-refractivity contribution in [1.82, 2.24) is 19.9 Å². The van der Waals surface area contributed by atoms with Crippen LogP contribution in [0.3, 0.4) is 0 Å². The van der Waals surface area contributed by atoms with Crippen molar-refractivity contribution in [2.24, 2.45) is 0 Å². The number of carbonyl (C=O) groups excluding carboxylic acids is 1. The molecule has 0 unspecified atom stereocenters. The Labute approximate surface area is 203 Å². The quantitative estimate of drug-likeness (QED) is 0.237. The van der Waals surface area contributed by atoms with E-state index in [1.165, 1.54) is 6.08 Å². The zero-order chi connectivity index (χ0) is 22.5. The summed E-state index contributed by atoms with van der Waals surface area (Å²) in [5, 5.41) is 11.8. The van der Waals surface area contributed by atoms with E-state index >= 15 is 0 Å². The fourth-order valence-electron chi connectivity index (χ4n) is 3.09. The Hall–Kier alpha value is -2.87. The number of aromatic nitrogens is 3. The van der Waals surface area contributed by atoms with E-state index in [9.17, 15) is 4.79 Å². The van der Waals surface area contributed by atoms with Crippen molar-refractivity contribution in [2.45, 2.75) is 0 Å². The summed E-state index contributed by atoms with van der Waals surface area (Å²) < 4.78 is 2.47. The first-order chi connectivity index (χ1) is 15.5. The Morgan fingerprint density at radius 2 is 1.94 bits per heavy atom. The van der Waals surface area contributed by atoms with Crippen molar-refractivity contribution in [3.05, 3.63) is 87.0 Å². The number of fused-ring (bicyclic) bond motifs is 1. The Balaban J connectivity index is 1.43. The van der Waals surface area contributed by atoms with Gasteiger partial charge in [-0.3, -0.25) is 4.79 Å². The van der Waals surface area contributed by atoms with Crippen molar-refractivity contribution >= 4 is 62.6 Å². The van der Waals surface area contributed by atoms with Gasteiger partial charge in [0.15, 0.2) is 5.65 Å². The van der Waals surface area contributed by atoms with Crippen molar-refractivity contribution in [3.8, 4) is 11.3 Å². The highest BCUT2D eigenvalue weighted by molar-refractivity contribution is 9.10. The lowest BCUT2D eigenvalue weighted by atomic mass is 10.1. The van der Waals surface area contributed by atoms with E-state index in [4.69, 9.17) is 23.2 Å². The van der Waals surface area contributed by atoms with Gasteiger partial charge in [-0.1, -0.05) is 53.5 Å². The summed E-state index contributed by atoms with van der Waals surface area (Å²) in [7, 11) is 0. The zero-order valence-corrected chi connectivity index (χ0v) is 19.8. The fraction of sp³-hybridized carbons (Fsp3) is 0.0870. The minimum atomic E-state index is -0.190. The number of anilines is 1. The number of hydrogen-bond donors (Lipinski definition) is 2. The highest BCUT2D eigenvalue weighted by Gasteiger charge is 2.13. The summed E-state index contributed by atoms with van der Waals surface area (Å²) >= 11 is 15.8. The summed E-state index contributed by atoms with van der Waals surface area (Å²) in [6, 6.07) is 16.7. The maximum Gasteiger partial charge on any atom is 0.244 e. The summed E-state index contributed by atoms with van der Waals surface area (Å²) in [5.41, 5.74) is 3.08. The number of amides is 1. The molecule has 0 spiro atoms. The zero-order valence-electron chi connectivity index (χ0n) is 16.7. The fourth-order valence-corrected chi connectivity index (χ4v) is 3.87. The van der Waals surface area contributed by atoms with Crippen molar-refractivity contribution in [1.29, 1.82) is 0 Å². The third-order valence-corrected chi connectivity index (χ3v) is 5.71. The van der Waals surface area contributed by atoms with Gasteiger partial charge in [0.05, 0.1) is 16.4 Å². The Kier molecular flexibility index (Phi) is 7.09. The molecule has 0 aliphatic carbocycles. The summed E-state index contributed by atoms with van der Waals surface area (Å²) in [6.45, 7) is 0.918. The number of carbonyl (C=O) groups is 1. The topological polar surface area (TPSA) is 71.3 Å². The SMILES string of the molecule is O=C(C=Cc1cccc(Cl)c1)NCCNc1cc(-c2ccccc2Cl)nc2c(Br)cnn12. The number of hydrogen-bond acceptors (Lipinski definition) is 4. The first kappa shape index (κ1) is 22.3. The first-order valence-corrected chi connectivity index (χ1v) is 11.3. The van der Waals surface area contributed by atoms with Crippen LogP contribution in [0.25, 0.3) is 23.0 Å². The second-order valence-electron chi connectivity index (χ2n) is 6.84. The predicted molar refractivity (Wildman–Crippen MR) is 133 cm³/mol. The van der Waals surface area contributed by atoms with E-state index in [0.717, 1.165) is 27.1 Å². The van der Waals surface area contributed by atoms with Gasteiger partial charge < -0.3 is 10.6 Å². The first-order valence-electron chi connectivity index (χ1n) is 9.76. The van der Waals surface area contributed by atoms with Gasteiger partial charge in [-0.2, -0.15) is 9.61 Å². The van der Waals surface area contributed by atoms with Crippen molar-refractivity contribution in [2.75, 3.05) is 18.4 Å². The van der Waals surface area contributed by atoms with Gasteiger partial charge in [-0.15, -0.1) is 0 Å². The second kappa shape index (κ2) is 10.2. The van der Waals surface area contributed by atoms with Gasteiger partial charge in [0.1, 0.15) is 5.82 Å². The lowest BCUT2D eigenvalue weighted by molar-refractivity contribution is -0.116. The molecular weight excluding hydrogens is 513 g/mol. The molecule has 0 aliphatic heterocycles. The van der Waals surface area contributed by atoms with E-state index < -0.39 is 0 Å². The number of nitrogens with zero attached hydrogens (tertiary/aromatic N) is 3. The van der Waals surface area contributed by atoms with Crippen LogP contribution in [0.2, 0.25) is 10.0 Å². The Bertz CT molecular complexity index is 1300. The van der Waals surface area contributed by atoms with Gasteiger partial charge in [0.2, 0.25) is 5.91 Å². The van der Waals surface area contributed by atoms with Gasteiger partial charge in [-0.05, 0) is 45.8 Å². The molecule has 9 heteroatoms. The molecule has 0 fully saturated rings. The standard InChI is InChI=1S/C23H18BrCl2N5O/c24-18-14-29-31-21(13-20(30-23(18)31)17-6-1-2-7-19(17)26)27-10-11-28-22(32)9-8-15-4-3-5-16(25)12-15/h1-9,12-14,27H,10-11H2,(H,28,32). The lowest BCUT2D eigenvalue weighted by Gasteiger charge is -2.12. The highest BCUT2D eigenvalue weighted by Crippen LogP contribution is 2.30. The predicted octanol–water partition coefficient (Wildman–Crippen LogP) is 5.71. The van der Waals surface area contributed by atoms with E-state index in [1.807, 2.05) is 42.5 Å². The molecule has 2 aromatic heterocycles. The largest absolute Gasteiger partial charge is 0.368 e. The number of rotatable bonds is 7. The van der Waals surface area contributed by atoms with Gasteiger partial charge >= 0.3 is 0 Å². The molecule has 6 nitrogen and oxygen atoms in total. The van der Waals surface area contributed by atoms with Crippen LogP contribution in [-0.2, 0) is 4.79 Å². The molecule has 4 aromatic rings. The molecule has 0 atom stereocenters. The Morgan fingerprint density at radius 1 is 1.09 bits per heavy atom. The highest BCUT2D eigenvalue weighted by atomic mass is 79.9. The minimum absolute atomic E-state index is 0.190. The molecule has 0 saturated carbocycles. The molecule has 0 saturated heterocycles. The smallest absolute Gasteiger partial charge is 0.244 e. The molecule has 0 bridgehead atoms. The van der Waals surface area contributed by atoms with Crippen LogP contribution in [0.4, 0.5) is 5.82 Å². The van der Waals surface area contributed by atoms with Crippen LogP contribution < -0.4 is 10.6 Å². The molecule has 32 heavy (non-hydrogen) atoms. The van der Waals surface area contributed by atoms with Crippen LogP contribution in [0.15, 0.2) is 71.3 Å². The minimum Gasteiger partial charge on any atom is -0.368 e. The van der Waals surface area contributed by atoms with Crippen LogP contribution in [-0.4, -0.2) is 33.6 Å². The number of nitrogens with one attached hydrogen (secondary N) is 2. The van der Waals surface area contributed by atoms with Crippen LogP contribution in [0.1, 0.15) is 5.56 Å². The Morgan fingerprint density at radius 3 is 2.75 bits per heavy atom.